The fraction of sp³-hybridized carbons (Fsp3) is 0. The van der Waals surface area contributed by atoms with Crippen molar-refractivity contribution in [3.8, 4) is 0 Å². The molecule has 0 aromatic heterocycles. The molecular weight excluding hydrogens is 254 g/mol. The normalized spacial score (nSPS) is 9.50. The number of carbonyl (C=O) groups is 2. The van der Waals surface area contributed by atoms with E-state index < -0.39 is 4.92 Å². The lowest BCUT2D eigenvalue weighted by atomic mass is 10.1. The highest BCUT2D eigenvalue weighted by molar-refractivity contribution is 9.10. The van der Waals surface area contributed by atoms with Crippen LogP contribution in [0.25, 0.3) is 0 Å². The second-order valence-corrected chi connectivity index (χ2v) is 3.28. The van der Waals surface area contributed by atoms with Crippen molar-refractivity contribution in [2.75, 3.05) is 0 Å². The third-order valence-corrected chi connectivity index (χ3v) is 2.26. The fourth-order valence-corrected chi connectivity index (χ4v) is 1.51. The predicted octanol–water partition coefficient (Wildman–Crippen LogP) is 1.98. The molecule has 0 bridgehead atoms. The summed E-state index contributed by atoms with van der Waals surface area (Å²) < 4.78 is 0.240. The van der Waals surface area contributed by atoms with Crippen LogP contribution in [0.4, 0.5) is 5.69 Å². The topological polar surface area (TPSA) is 77.3 Å². The predicted molar refractivity (Wildman–Crippen MR) is 51.6 cm³/mol. The summed E-state index contributed by atoms with van der Waals surface area (Å²) in [5.41, 5.74) is -0.115. The largest absolute Gasteiger partial charge is 0.298 e. The molecule has 0 aliphatic rings. The number of non-ortho nitro benzene ring substituents is 1. The van der Waals surface area contributed by atoms with Gasteiger partial charge in [-0.05, 0) is 15.9 Å². The summed E-state index contributed by atoms with van der Waals surface area (Å²) in [4.78, 5) is 30.8. The molecule has 0 unspecified atom stereocenters. The molecule has 0 N–H and O–H groups in total. The van der Waals surface area contributed by atoms with Crippen molar-refractivity contribution < 1.29 is 14.5 Å². The lowest BCUT2D eigenvalue weighted by Gasteiger charge is -1.99. The molecule has 0 amide bonds. The van der Waals surface area contributed by atoms with Crippen LogP contribution in [0.2, 0.25) is 0 Å². The van der Waals surface area contributed by atoms with Crippen LogP contribution in [0.1, 0.15) is 20.7 Å². The number of nitro groups is 1. The first-order valence-electron chi connectivity index (χ1n) is 3.48. The van der Waals surface area contributed by atoms with Crippen molar-refractivity contribution in [3.63, 3.8) is 0 Å². The number of hydrogen-bond acceptors (Lipinski definition) is 4. The summed E-state index contributed by atoms with van der Waals surface area (Å²) in [6, 6.07) is 2.23. The van der Waals surface area contributed by atoms with E-state index in [-0.39, 0.29) is 21.3 Å². The van der Waals surface area contributed by atoms with E-state index in [0.29, 0.717) is 12.6 Å². The quantitative estimate of drug-likeness (QED) is 0.471. The monoisotopic (exact) mass is 257 g/mol. The van der Waals surface area contributed by atoms with Crippen molar-refractivity contribution in [1.29, 1.82) is 0 Å². The maximum absolute atomic E-state index is 10.5. The molecule has 0 aliphatic carbocycles. The number of nitrogens with zero attached hydrogens (tertiary/aromatic N) is 1. The molecule has 0 saturated carbocycles. The van der Waals surface area contributed by atoms with E-state index in [0.717, 1.165) is 6.07 Å². The van der Waals surface area contributed by atoms with E-state index in [9.17, 15) is 19.7 Å². The number of benzene rings is 1. The molecule has 0 atom stereocenters. The Morgan fingerprint density at radius 3 is 2.36 bits per heavy atom. The Balaban J connectivity index is 3.45. The Labute approximate surface area is 87.0 Å². The molecule has 1 aromatic carbocycles. The van der Waals surface area contributed by atoms with Gasteiger partial charge in [0.2, 0.25) is 0 Å². The first-order valence-corrected chi connectivity index (χ1v) is 4.27. The third kappa shape index (κ3) is 1.85. The van der Waals surface area contributed by atoms with E-state index in [1.165, 1.54) is 6.07 Å². The number of halogens is 1. The van der Waals surface area contributed by atoms with Gasteiger partial charge in [-0.25, -0.2) is 0 Å². The van der Waals surface area contributed by atoms with Gasteiger partial charge >= 0.3 is 0 Å². The van der Waals surface area contributed by atoms with Gasteiger partial charge in [-0.3, -0.25) is 19.7 Å². The fourth-order valence-electron chi connectivity index (χ4n) is 0.951. The van der Waals surface area contributed by atoms with Crippen molar-refractivity contribution in [2.45, 2.75) is 0 Å². The number of hydrogen-bond donors (Lipinski definition) is 0. The lowest BCUT2D eigenvalue weighted by molar-refractivity contribution is -0.384. The molecule has 0 heterocycles. The van der Waals surface area contributed by atoms with E-state index in [1.54, 1.807) is 0 Å². The van der Waals surface area contributed by atoms with E-state index in [2.05, 4.69) is 15.9 Å². The Morgan fingerprint density at radius 1 is 1.29 bits per heavy atom. The van der Waals surface area contributed by atoms with Crippen LogP contribution in [0.3, 0.4) is 0 Å². The van der Waals surface area contributed by atoms with Gasteiger partial charge in [-0.15, -0.1) is 0 Å². The molecule has 0 fully saturated rings. The van der Waals surface area contributed by atoms with Crippen LogP contribution >= 0.6 is 15.9 Å². The van der Waals surface area contributed by atoms with Gasteiger partial charge in [-0.1, -0.05) is 0 Å². The first-order chi connectivity index (χ1) is 6.60. The second-order valence-electron chi connectivity index (χ2n) is 2.42. The summed E-state index contributed by atoms with van der Waals surface area (Å²) in [7, 11) is 0. The number of rotatable bonds is 3. The third-order valence-electron chi connectivity index (χ3n) is 1.60. The van der Waals surface area contributed by atoms with Crippen molar-refractivity contribution >= 4 is 34.2 Å². The molecule has 14 heavy (non-hydrogen) atoms. The second kappa shape index (κ2) is 4.10. The van der Waals surface area contributed by atoms with Gasteiger partial charge in [0.15, 0.2) is 12.6 Å². The molecule has 0 aliphatic heterocycles. The summed E-state index contributed by atoms with van der Waals surface area (Å²) in [6.07, 6.45) is 0.874. The average molecular weight is 258 g/mol. The molecule has 5 nitrogen and oxygen atoms in total. The van der Waals surface area contributed by atoms with Gasteiger partial charge in [-0.2, -0.15) is 0 Å². The number of nitro benzene ring substituents is 1. The molecule has 0 spiro atoms. The van der Waals surface area contributed by atoms with Crippen LogP contribution in [-0.2, 0) is 0 Å². The smallest absolute Gasteiger partial charge is 0.271 e. The average Bonchev–Trinajstić information content (AvgIpc) is 2.16. The van der Waals surface area contributed by atoms with Gasteiger partial charge in [0.25, 0.3) is 5.69 Å². The maximum Gasteiger partial charge on any atom is 0.271 e. The number of aldehydes is 2. The molecule has 0 radical (unpaired) electrons. The zero-order chi connectivity index (χ0) is 10.7. The van der Waals surface area contributed by atoms with Gasteiger partial charge in [0, 0.05) is 27.7 Å². The van der Waals surface area contributed by atoms with E-state index in [4.69, 9.17) is 0 Å². The van der Waals surface area contributed by atoms with E-state index in [1.807, 2.05) is 0 Å². The molecule has 1 rings (SSSR count). The molecular formula is C8H4BrNO4. The highest BCUT2D eigenvalue weighted by atomic mass is 79.9. The summed E-state index contributed by atoms with van der Waals surface area (Å²) in [5, 5.41) is 10.4. The van der Waals surface area contributed by atoms with E-state index >= 15 is 0 Å². The van der Waals surface area contributed by atoms with Crippen LogP contribution in [-0.4, -0.2) is 17.5 Å². The minimum absolute atomic E-state index is 0.000995. The molecule has 72 valence electrons. The Kier molecular flexibility index (Phi) is 3.08. The van der Waals surface area contributed by atoms with Gasteiger partial charge in [0.05, 0.1) is 4.92 Å². The summed E-state index contributed by atoms with van der Waals surface area (Å²) in [6.45, 7) is 0. The Morgan fingerprint density at radius 2 is 1.93 bits per heavy atom. The SMILES string of the molecule is O=Cc1cc([N+](=O)[O-])cc(Br)c1C=O. The molecule has 1 aromatic rings. The first kappa shape index (κ1) is 10.5. The Bertz CT molecular complexity index is 416. The highest BCUT2D eigenvalue weighted by Gasteiger charge is 2.13. The minimum Gasteiger partial charge on any atom is -0.298 e. The van der Waals surface area contributed by atoms with Crippen molar-refractivity contribution in [1.82, 2.24) is 0 Å². The number of carbonyl (C=O) groups excluding carboxylic acids is 2. The highest BCUT2D eigenvalue weighted by Crippen LogP contribution is 2.24. The van der Waals surface area contributed by atoms with Crippen molar-refractivity contribution in [3.05, 3.63) is 37.8 Å². The Hall–Kier alpha value is -1.56. The summed E-state index contributed by atoms with van der Waals surface area (Å²) >= 11 is 2.97. The maximum atomic E-state index is 10.5. The zero-order valence-electron chi connectivity index (χ0n) is 6.77. The van der Waals surface area contributed by atoms with Gasteiger partial charge < -0.3 is 0 Å². The zero-order valence-corrected chi connectivity index (χ0v) is 8.35. The van der Waals surface area contributed by atoms with Crippen LogP contribution < -0.4 is 0 Å². The van der Waals surface area contributed by atoms with Gasteiger partial charge in [0.1, 0.15) is 0 Å². The van der Waals surface area contributed by atoms with Crippen molar-refractivity contribution in [2.24, 2.45) is 0 Å². The lowest BCUT2D eigenvalue weighted by Crippen LogP contribution is -1.96. The standard InChI is InChI=1S/C8H4BrNO4/c9-8-2-6(10(13)14)1-5(3-11)7(8)4-12/h1-4H. The van der Waals surface area contributed by atoms with Crippen LogP contribution in [0.15, 0.2) is 16.6 Å². The molecule has 0 saturated heterocycles. The summed E-state index contributed by atoms with van der Waals surface area (Å²) in [5.74, 6) is 0. The minimum atomic E-state index is -0.633. The van der Waals surface area contributed by atoms with Crippen LogP contribution in [0, 0.1) is 10.1 Å². The van der Waals surface area contributed by atoms with Crippen LogP contribution in [0.5, 0.6) is 0 Å². The molecule has 6 heteroatoms.